The number of piperidine rings is 1. The van der Waals surface area contributed by atoms with Crippen LogP contribution in [0.1, 0.15) is 16.8 Å². The molecular formula is C15H16ClNO7S. The van der Waals surface area contributed by atoms with Gasteiger partial charge in [0.25, 0.3) is 5.91 Å². The first-order chi connectivity index (χ1) is 11.6. The van der Waals surface area contributed by atoms with Gasteiger partial charge >= 0.3 is 0 Å². The SMILES string of the molecule is COc1c(S(C)(=O)=O)ccc(C(=O)C2C(=O)CCN(OC)C2=O)c1Cl. The van der Waals surface area contributed by atoms with Crippen LogP contribution in [0.3, 0.4) is 0 Å². The summed E-state index contributed by atoms with van der Waals surface area (Å²) in [7, 11) is -1.19. The van der Waals surface area contributed by atoms with E-state index in [9.17, 15) is 22.8 Å². The van der Waals surface area contributed by atoms with Gasteiger partial charge in [-0.25, -0.2) is 13.5 Å². The van der Waals surface area contributed by atoms with Gasteiger partial charge in [0.1, 0.15) is 4.90 Å². The first-order valence-corrected chi connectivity index (χ1v) is 9.39. The summed E-state index contributed by atoms with van der Waals surface area (Å²) in [4.78, 5) is 41.7. The van der Waals surface area contributed by atoms with Crippen molar-refractivity contribution in [3.63, 3.8) is 0 Å². The van der Waals surface area contributed by atoms with Crippen LogP contribution in [0.2, 0.25) is 5.02 Å². The van der Waals surface area contributed by atoms with E-state index < -0.39 is 33.2 Å². The molecule has 1 saturated heterocycles. The molecule has 0 bridgehead atoms. The number of rotatable bonds is 5. The summed E-state index contributed by atoms with van der Waals surface area (Å²) >= 11 is 6.12. The third-order valence-electron chi connectivity index (χ3n) is 3.79. The molecule has 1 aliphatic rings. The minimum absolute atomic E-state index is 0.0356. The van der Waals surface area contributed by atoms with Crippen molar-refractivity contribution in [2.24, 2.45) is 5.92 Å². The number of halogens is 1. The van der Waals surface area contributed by atoms with E-state index in [1.807, 2.05) is 0 Å². The van der Waals surface area contributed by atoms with Gasteiger partial charge in [-0.1, -0.05) is 11.6 Å². The Kier molecular flexibility index (Phi) is 5.50. The highest BCUT2D eigenvalue weighted by molar-refractivity contribution is 7.90. The first-order valence-electron chi connectivity index (χ1n) is 7.12. The van der Waals surface area contributed by atoms with E-state index in [2.05, 4.69) is 0 Å². The van der Waals surface area contributed by atoms with E-state index >= 15 is 0 Å². The molecule has 25 heavy (non-hydrogen) atoms. The fourth-order valence-electron chi connectivity index (χ4n) is 2.55. The predicted octanol–water partition coefficient (Wildman–Crippen LogP) is 0.914. The maximum atomic E-state index is 12.7. The molecular weight excluding hydrogens is 374 g/mol. The van der Waals surface area contributed by atoms with Crippen molar-refractivity contribution in [2.45, 2.75) is 11.3 Å². The van der Waals surface area contributed by atoms with Crippen molar-refractivity contribution in [1.29, 1.82) is 0 Å². The molecule has 1 atom stereocenters. The van der Waals surface area contributed by atoms with Gasteiger partial charge in [-0.05, 0) is 12.1 Å². The number of ether oxygens (including phenoxy) is 1. The third kappa shape index (κ3) is 3.53. The number of Topliss-reactive ketones (excluding diaryl/α,β-unsaturated/α-hetero) is 2. The molecule has 0 spiro atoms. The van der Waals surface area contributed by atoms with E-state index in [0.29, 0.717) is 0 Å². The van der Waals surface area contributed by atoms with Crippen molar-refractivity contribution in [3.8, 4) is 5.75 Å². The van der Waals surface area contributed by atoms with Crippen LogP contribution in [-0.4, -0.2) is 58.0 Å². The Bertz CT molecular complexity index is 850. The zero-order valence-corrected chi connectivity index (χ0v) is 15.3. The second kappa shape index (κ2) is 7.11. The van der Waals surface area contributed by atoms with Gasteiger partial charge in [-0.3, -0.25) is 19.2 Å². The summed E-state index contributed by atoms with van der Waals surface area (Å²) in [5.74, 6) is -3.97. The average Bonchev–Trinajstić information content (AvgIpc) is 2.53. The molecule has 1 amide bonds. The Hall–Kier alpha value is -1.97. The quantitative estimate of drug-likeness (QED) is 0.544. The third-order valence-corrected chi connectivity index (χ3v) is 5.28. The highest BCUT2D eigenvalue weighted by Gasteiger charge is 2.42. The molecule has 2 rings (SSSR count). The average molecular weight is 390 g/mol. The number of amides is 1. The smallest absolute Gasteiger partial charge is 0.264 e. The zero-order valence-electron chi connectivity index (χ0n) is 13.7. The zero-order chi connectivity index (χ0) is 18.9. The van der Waals surface area contributed by atoms with E-state index in [4.69, 9.17) is 21.2 Å². The minimum atomic E-state index is -3.65. The number of hydroxylamine groups is 2. The fourth-order valence-corrected chi connectivity index (χ4v) is 3.78. The molecule has 1 unspecified atom stereocenters. The molecule has 1 aliphatic heterocycles. The van der Waals surface area contributed by atoms with E-state index in [-0.39, 0.29) is 34.2 Å². The summed E-state index contributed by atoms with van der Waals surface area (Å²) in [6.45, 7) is 0.0576. The van der Waals surface area contributed by atoms with Gasteiger partial charge in [0.05, 0.1) is 25.8 Å². The number of carbonyl (C=O) groups is 3. The lowest BCUT2D eigenvalue weighted by atomic mass is 9.88. The molecule has 1 fully saturated rings. The van der Waals surface area contributed by atoms with Gasteiger partial charge in [0.2, 0.25) is 0 Å². The maximum Gasteiger partial charge on any atom is 0.264 e. The van der Waals surface area contributed by atoms with E-state index in [1.165, 1.54) is 14.2 Å². The summed E-state index contributed by atoms with van der Waals surface area (Å²) in [6, 6.07) is 2.31. The van der Waals surface area contributed by atoms with Crippen LogP contribution in [0.15, 0.2) is 17.0 Å². The normalized spacial score (nSPS) is 18.4. The van der Waals surface area contributed by atoms with Crippen LogP contribution in [0.4, 0.5) is 0 Å². The van der Waals surface area contributed by atoms with Crippen LogP contribution in [-0.2, 0) is 24.3 Å². The van der Waals surface area contributed by atoms with Crippen molar-refractivity contribution in [2.75, 3.05) is 27.0 Å². The summed E-state index contributed by atoms with van der Waals surface area (Å²) in [5, 5.41) is 0.658. The predicted molar refractivity (Wildman–Crippen MR) is 87.3 cm³/mol. The molecule has 10 heteroatoms. The second-order valence-corrected chi connectivity index (χ2v) is 7.73. The number of sulfone groups is 1. The van der Waals surface area contributed by atoms with Crippen molar-refractivity contribution >= 4 is 38.9 Å². The lowest BCUT2D eigenvalue weighted by Gasteiger charge is -2.28. The highest BCUT2D eigenvalue weighted by atomic mass is 35.5. The standard InChI is InChI=1S/C15H16ClNO7S/c1-23-14-10(25(3,21)22)5-4-8(12(14)16)13(19)11-9(18)6-7-17(24-2)15(11)20/h4-5,11H,6-7H2,1-3H3. The van der Waals surface area contributed by atoms with Crippen molar-refractivity contribution in [3.05, 3.63) is 22.7 Å². The number of ketones is 2. The Morgan fingerprint density at radius 3 is 2.44 bits per heavy atom. The van der Waals surface area contributed by atoms with Crippen molar-refractivity contribution < 1.29 is 32.4 Å². The first kappa shape index (κ1) is 19.4. The second-order valence-electron chi connectivity index (χ2n) is 5.37. The molecule has 0 aliphatic carbocycles. The van der Waals surface area contributed by atoms with Gasteiger partial charge in [0, 0.05) is 18.2 Å². The van der Waals surface area contributed by atoms with Crippen LogP contribution in [0.5, 0.6) is 5.75 Å². The van der Waals surface area contributed by atoms with Gasteiger partial charge in [-0.2, -0.15) is 0 Å². The largest absolute Gasteiger partial charge is 0.494 e. The van der Waals surface area contributed by atoms with Gasteiger partial charge < -0.3 is 4.74 Å². The molecule has 0 N–H and O–H groups in total. The summed E-state index contributed by atoms with van der Waals surface area (Å²) in [5.41, 5.74) is -0.171. The molecule has 1 aromatic rings. The molecule has 1 heterocycles. The van der Waals surface area contributed by atoms with Gasteiger partial charge in [0.15, 0.2) is 33.1 Å². The fraction of sp³-hybridized carbons (Fsp3) is 0.400. The molecule has 0 saturated carbocycles. The molecule has 136 valence electrons. The number of benzene rings is 1. The van der Waals surface area contributed by atoms with E-state index in [0.717, 1.165) is 23.5 Å². The lowest BCUT2D eigenvalue weighted by Crippen LogP contribution is -2.48. The Morgan fingerprint density at radius 1 is 1.28 bits per heavy atom. The topological polar surface area (TPSA) is 107 Å². The summed E-state index contributed by atoms with van der Waals surface area (Å²) < 4.78 is 28.6. The lowest BCUT2D eigenvalue weighted by molar-refractivity contribution is -0.185. The Balaban J connectivity index is 2.53. The number of nitrogens with zero attached hydrogens (tertiary/aromatic N) is 1. The van der Waals surface area contributed by atoms with Crippen LogP contribution < -0.4 is 4.74 Å². The monoisotopic (exact) mass is 389 g/mol. The number of methoxy groups -OCH3 is 1. The molecule has 1 aromatic carbocycles. The maximum absolute atomic E-state index is 12.7. The Labute approximate surface area is 149 Å². The number of hydrogen-bond donors (Lipinski definition) is 0. The molecule has 0 aromatic heterocycles. The Morgan fingerprint density at radius 2 is 1.92 bits per heavy atom. The highest BCUT2D eigenvalue weighted by Crippen LogP contribution is 2.36. The van der Waals surface area contributed by atoms with Gasteiger partial charge in [-0.15, -0.1) is 0 Å². The van der Waals surface area contributed by atoms with Crippen LogP contribution in [0, 0.1) is 5.92 Å². The van der Waals surface area contributed by atoms with Crippen molar-refractivity contribution in [1.82, 2.24) is 5.06 Å². The van der Waals surface area contributed by atoms with E-state index in [1.54, 1.807) is 0 Å². The number of carbonyl (C=O) groups excluding carboxylic acids is 3. The van der Waals surface area contributed by atoms with Crippen LogP contribution >= 0.6 is 11.6 Å². The van der Waals surface area contributed by atoms with Crippen LogP contribution in [0.25, 0.3) is 0 Å². The number of hydrogen-bond acceptors (Lipinski definition) is 7. The molecule has 0 radical (unpaired) electrons. The minimum Gasteiger partial charge on any atom is -0.494 e. The molecule has 8 nitrogen and oxygen atoms in total. The summed E-state index contributed by atoms with van der Waals surface area (Å²) in [6.07, 6.45) is 0.930.